The van der Waals surface area contributed by atoms with E-state index in [0.29, 0.717) is 23.8 Å². The quantitative estimate of drug-likeness (QED) is 0.588. The minimum absolute atomic E-state index is 0.224. The Balaban J connectivity index is 1.65. The number of amides is 1. The maximum atomic E-state index is 12.6. The third-order valence-corrected chi connectivity index (χ3v) is 5.37. The topological polar surface area (TPSA) is 84.0 Å². The predicted molar refractivity (Wildman–Crippen MR) is 112 cm³/mol. The molecule has 1 atom stereocenters. The van der Waals surface area contributed by atoms with E-state index in [1.54, 1.807) is 14.2 Å². The fourth-order valence-corrected chi connectivity index (χ4v) is 3.47. The molecule has 0 bridgehead atoms. The van der Waals surface area contributed by atoms with Gasteiger partial charge in [-0.1, -0.05) is 48.2 Å². The minimum Gasteiger partial charge on any atom is -0.493 e. The van der Waals surface area contributed by atoms with Crippen molar-refractivity contribution in [2.75, 3.05) is 27.0 Å². The van der Waals surface area contributed by atoms with Gasteiger partial charge in [0.15, 0.2) is 17.2 Å². The van der Waals surface area contributed by atoms with Crippen LogP contribution >= 0.6 is 11.8 Å². The van der Waals surface area contributed by atoms with E-state index in [0.717, 1.165) is 17.5 Å². The van der Waals surface area contributed by atoms with Crippen LogP contribution in [-0.2, 0) is 11.2 Å². The Morgan fingerprint density at radius 2 is 1.86 bits per heavy atom. The molecule has 148 valence electrons. The molecule has 1 amide bonds. The summed E-state index contributed by atoms with van der Waals surface area (Å²) in [5, 5.41) is 9.78. The first-order valence-electron chi connectivity index (χ1n) is 8.84. The third kappa shape index (κ3) is 4.40. The number of hydrazone groups is 1. The van der Waals surface area contributed by atoms with Crippen LogP contribution in [0.2, 0.25) is 0 Å². The summed E-state index contributed by atoms with van der Waals surface area (Å²) in [7, 11) is 3.23. The summed E-state index contributed by atoms with van der Waals surface area (Å²) >= 11 is 1.44. The summed E-state index contributed by atoms with van der Waals surface area (Å²) in [5.41, 5.74) is 5.28. The van der Waals surface area contributed by atoms with Crippen molar-refractivity contribution in [2.24, 2.45) is 5.10 Å². The van der Waals surface area contributed by atoms with Crippen molar-refractivity contribution < 1.29 is 14.3 Å². The highest BCUT2D eigenvalue weighted by Crippen LogP contribution is 2.27. The number of ether oxygens (including phenoxy) is 2. The monoisotopic (exact) mass is 400 g/mol. The van der Waals surface area contributed by atoms with Crippen molar-refractivity contribution in [1.82, 2.24) is 16.1 Å². The molecule has 7 nitrogen and oxygen atoms in total. The molecule has 2 aromatic carbocycles. The molecule has 0 radical (unpaired) electrons. The zero-order valence-electron chi connectivity index (χ0n) is 16.1. The Hall–Kier alpha value is -2.71. The van der Waals surface area contributed by atoms with Crippen LogP contribution in [0.4, 0.5) is 0 Å². The standard InChI is InChI=1S/C20H24N4O3S/c1-26-16-10-9-14(13-17(16)27-2)11-12-21-20(28-3)22-19(25)18(23-24-20)15-7-5-4-6-8-15/h4-10,13,21,24H,11-12H2,1-3H3,(H,22,25)/t20-/m0/s1. The van der Waals surface area contributed by atoms with Crippen LogP contribution in [0.15, 0.2) is 53.6 Å². The second-order valence-corrected chi connectivity index (χ2v) is 7.16. The number of methoxy groups -OCH3 is 2. The number of thioether (sulfide) groups is 1. The molecular weight excluding hydrogens is 376 g/mol. The fraction of sp³-hybridized carbons (Fsp3) is 0.300. The van der Waals surface area contributed by atoms with E-state index in [-0.39, 0.29) is 5.91 Å². The van der Waals surface area contributed by atoms with E-state index in [2.05, 4.69) is 21.2 Å². The van der Waals surface area contributed by atoms with Gasteiger partial charge in [-0.05, 0) is 30.4 Å². The van der Waals surface area contributed by atoms with Crippen molar-refractivity contribution in [3.05, 3.63) is 59.7 Å². The maximum absolute atomic E-state index is 12.6. The highest BCUT2D eigenvalue weighted by molar-refractivity contribution is 7.99. The van der Waals surface area contributed by atoms with E-state index in [1.807, 2.05) is 54.8 Å². The number of carbonyl (C=O) groups is 1. The smallest absolute Gasteiger partial charge is 0.275 e. The molecule has 0 saturated carbocycles. The Kier molecular flexibility index (Phi) is 6.43. The molecule has 3 N–H and O–H groups in total. The summed E-state index contributed by atoms with van der Waals surface area (Å²) < 4.78 is 10.6. The molecule has 28 heavy (non-hydrogen) atoms. The second kappa shape index (κ2) is 8.99. The van der Waals surface area contributed by atoms with Gasteiger partial charge in [0.05, 0.1) is 14.2 Å². The molecule has 0 spiro atoms. The van der Waals surface area contributed by atoms with E-state index < -0.39 is 5.12 Å². The predicted octanol–water partition coefficient (Wildman–Crippen LogP) is 1.93. The summed E-state index contributed by atoms with van der Waals surface area (Å²) in [5.74, 6) is 1.17. The van der Waals surface area contributed by atoms with Crippen molar-refractivity contribution in [3.63, 3.8) is 0 Å². The van der Waals surface area contributed by atoms with Crippen LogP contribution in [-0.4, -0.2) is 43.8 Å². The number of nitrogens with one attached hydrogen (secondary N) is 3. The van der Waals surface area contributed by atoms with Gasteiger partial charge in [-0.15, -0.1) is 0 Å². The Bertz CT molecular complexity index is 860. The first kappa shape index (κ1) is 20.0. The van der Waals surface area contributed by atoms with Gasteiger partial charge < -0.3 is 14.8 Å². The van der Waals surface area contributed by atoms with Gasteiger partial charge in [0.1, 0.15) is 0 Å². The van der Waals surface area contributed by atoms with E-state index in [9.17, 15) is 4.79 Å². The van der Waals surface area contributed by atoms with Crippen molar-refractivity contribution in [3.8, 4) is 11.5 Å². The third-order valence-electron chi connectivity index (χ3n) is 4.42. The van der Waals surface area contributed by atoms with Gasteiger partial charge in [-0.2, -0.15) is 5.10 Å². The highest BCUT2D eigenvalue weighted by Gasteiger charge is 2.36. The number of benzene rings is 2. The van der Waals surface area contributed by atoms with Crippen LogP contribution in [0.25, 0.3) is 0 Å². The number of carbonyl (C=O) groups excluding carboxylic acids is 1. The van der Waals surface area contributed by atoms with Crippen LogP contribution in [0.1, 0.15) is 11.1 Å². The largest absolute Gasteiger partial charge is 0.493 e. The van der Waals surface area contributed by atoms with Crippen LogP contribution in [0.5, 0.6) is 11.5 Å². The highest BCUT2D eigenvalue weighted by atomic mass is 32.2. The molecule has 1 aliphatic heterocycles. The zero-order valence-corrected chi connectivity index (χ0v) is 16.9. The number of rotatable bonds is 8. The molecule has 0 saturated heterocycles. The van der Waals surface area contributed by atoms with Crippen LogP contribution < -0.4 is 25.5 Å². The van der Waals surface area contributed by atoms with Crippen molar-refractivity contribution >= 4 is 23.4 Å². The average Bonchev–Trinajstić information content (AvgIpc) is 2.74. The van der Waals surface area contributed by atoms with Gasteiger partial charge in [0, 0.05) is 12.1 Å². The minimum atomic E-state index is -0.855. The van der Waals surface area contributed by atoms with Crippen LogP contribution in [0.3, 0.4) is 0 Å². The Labute approximate surface area is 168 Å². The molecule has 0 aliphatic carbocycles. The Morgan fingerprint density at radius 3 is 2.50 bits per heavy atom. The van der Waals surface area contributed by atoms with Gasteiger partial charge in [-0.25, -0.2) is 0 Å². The lowest BCUT2D eigenvalue weighted by Crippen LogP contribution is -2.68. The fourth-order valence-electron chi connectivity index (χ4n) is 2.90. The number of hydrogen-bond acceptors (Lipinski definition) is 7. The van der Waals surface area contributed by atoms with Gasteiger partial charge >= 0.3 is 0 Å². The molecule has 8 heteroatoms. The van der Waals surface area contributed by atoms with E-state index >= 15 is 0 Å². The SMILES string of the molecule is COc1ccc(CCN[C@@]2(SC)NN=C(c3ccccc3)C(=O)N2)cc1OC. The zero-order chi connectivity index (χ0) is 20.0. The van der Waals surface area contributed by atoms with E-state index in [4.69, 9.17) is 9.47 Å². The van der Waals surface area contributed by atoms with Gasteiger partial charge in [-0.3, -0.25) is 15.5 Å². The molecule has 1 aliphatic rings. The summed E-state index contributed by atoms with van der Waals surface area (Å²) in [4.78, 5) is 12.6. The first-order valence-corrected chi connectivity index (χ1v) is 10.1. The molecule has 0 unspecified atom stereocenters. The normalized spacial score (nSPS) is 18.7. The first-order chi connectivity index (χ1) is 13.6. The molecule has 1 heterocycles. The second-order valence-electron chi connectivity index (χ2n) is 6.14. The Morgan fingerprint density at radius 1 is 1.11 bits per heavy atom. The van der Waals surface area contributed by atoms with Gasteiger partial charge in [0.2, 0.25) is 5.12 Å². The maximum Gasteiger partial charge on any atom is 0.275 e. The van der Waals surface area contributed by atoms with Gasteiger partial charge in [0.25, 0.3) is 5.91 Å². The van der Waals surface area contributed by atoms with Crippen molar-refractivity contribution in [2.45, 2.75) is 11.5 Å². The number of hydrogen-bond donors (Lipinski definition) is 3. The van der Waals surface area contributed by atoms with Crippen molar-refractivity contribution in [1.29, 1.82) is 0 Å². The van der Waals surface area contributed by atoms with Crippen LogP contribution in [0, 0.1) is 0 Å². The molecule has 2 aromatic rings. The molecule has 0 fully saturated rings. The lowest BCUT2D eigenvalue weighted by molar-refractivity contribution is -0.116. The van der Waals surface area contributed by atoms with E-state index in [1.165, 1.54) is 11.8 Å². The molecule has 0 aromatic heterocycles. The lowest BCUT2D eigenvalue weighted by Gasteiger charge is -2.36. The summed E-state index contributed by atoms with van der Waals surface area (Å²) in [6.07, 6.45) is 2.65. The molecule has 3 rings (SSSR count). The lowest BCUT2D eigenvalue weighted by atomic mass is 10.1. The summed E-state index contributed by atoms with van der Waals surface area (Å²) in [6, 6.07) is 15.2. The number of nitrogens with zero attached hydrogens (tertiary/aromatic N) is 1. The summed E-state index contributed by atoms with van der Waals surface area (Å²) in [6.45, 7) is 0.625. The average molecular weight is 401 g/mol. The molecular formula is C20H24N4O3S.